The molecule has 0 bridgehead atoms. The van der Waals surface area contributed by atoms with Gasteiger partial charge in [0.15, 0.2) is 9.84 Å². The van der Waals surface area contributed by atoms with E-state index >= 15 is 0 Å². The van der Waals surface area contributed by atoms with Gasteiger partial charge in [-0.2, -0.15) is 0 Å². The molecule has 0 aromatic heterocycles. The summed E-state index contributed by atoms with van der Waals surface area (Å²) in [6.45, 7) is 0. The van der Waals surface area contributed by atoms with Crippen LogP contribution in [0.2, 0.25) is 5.02 Å². The lowest BCUT2D eigenvalue weighted by molar-refractivity contribution is 0.102. The maximum Gasteiger partial charge on any atom is 0.256 e. The van der Waals surface area contributed by atoms with Gasteiger partial charge < -0.3 is 5.32 Å². The molecule has 0 radical (unpaired) electrons. The molecule has 0 aliphatic heterocycles. The van der Waals surface area contributed by atoms with E-state index in [0.717, 1.165) is 17.4 Å². The monoisotopic (exact) mass is 385 g/mol. The molecule has 0 atom stereocenters. The van der Waals surface area contributed by atoms with Gasteiger partial charge in [-0.05, 0) is 35.4 Å². The Hall–Kier alpha value is -2.63. The molecular formula is C20H16ClNO3S. The Kier molecular flexibility index (Phi) is 5.11. The zero-order chi connectivity index (χ0) is 18.7. The van der Waals surface area contributed by atoms with Crippen molar-refractivity contribution in [2.75, 3.05) is 11.6 Å². The molecule has 6 heteroatoms. The molecule has 0 aliphatic carbocycles. The van der Waals surface area contributed by atoms with Gasteiger partial charge in [-0.3, -0.25) is 4.79 Å². The summed E-state index contributed by atoms with van der Waals surface area (Å²) in [5.74, 6) is -0.364. The maximum atomic E-state index is 12.8. The highest BCUT2D eigenvalue weighted by Crippen LogP contribution is 2.28. The number of carbonyl (C=O) groups excluding carboxylic acids is 1. The Morgan fingerprint density at radius 2 is 1.58 bits per heavy atom. The highest BCUT2D eigenvalue weighted by molar-refractivity contribution is 7.90. The van der Waals surface area contributed by atoms with E-state index in [1.807, 2.05) is 42.5 Å². The fourth-order valence-electron chi connectivity index (χ4n) is 2.57. The van der Waals surface area contributed by atoms with Crippen molar-refractivity contribution in [3.63, 3.8) is 0 Å². The minimum Gasteiger partial charge on any atom is -0.321 e. The van der Waals surface area contributed by atoms with Crippen LogP contribution >= 0.6 is 11.6 Å². The molecule has 0 heterocycles. The summed E-state index contributed by atoms with van der Waals surface area (Å²) >= 11 is 6.13. The molecule has 0 saturated carbocycles. The molecule has 1 N–H and O–H groups in total. The number of amides is 1. The second-order valence-corrected chi connectivity index (χ2v) is 8.20. The van der Waals surface area contributed by atoms with Gasteiger partial charge in [0.1, 0.15) is 0 Å². The number of hydrogen-bond donors (Lipinski definition) is 1. The minimum absolute atomic E-state index is 0.0912. The summed E-state index contributed by atoms with van der Waals surface area (Å²) < 4.78 is 23.5. The lowest BCUT2D eigenvalue weighted by Crippen LogP contribution is -2.14. The number of hydrogen-bond acceptors (Lipinski definition) is 3. The fourth-order valence-corrected chi connectivity index (χ4v) is 3.38. The third-order valence-electron chi connectivity index (χ3n) is 3.87. The van der Waals surface area contributed by atoms with Crippen molar-refractivity contribution < 1.29 is 13.2 Å². The van der Waals surface area contributed by atoms with Gasteiger partial charge in [0.2, 0.25) is 0 Å². The standard InChI is InChI=1S/C20H16ClNO3S/c1-26(24,25)15-11-12-18(21)19(13-15)22-20(23)17-10-6-5-9-16(17)14-7-3-2-4-8-14/h2-13H,1H3,(H,22,23). The van der Waals surface area contributed by atoms with E-state index in [0.29, 0.717) is 5.56 Å². The first kappa shape index (κ1) is 18.2. The van der Waals surface area contributed by atoms with Crippen LogP contribution in [0.5, 0.6) is 0 Å². The molecule has 132 valence electrons. The van der Waals surface area contributed by atoms with Crippen LogP contribution in [0.15, 0.2) is 77.7 Å². The first-order valence-corrected chi connectivity index (χ1v) is 10.1. The van der Waals surface area contributed by atoms with Crippen LogP contribution < -0.4 is 5.32 Å². The average Bonchev–Trinajstić information content (AvgIpc) is 2.63. The van der Waals surface area contributed by atoms with E-state index in [2.05, 4.69) is 5.32 Å². The van der Waals surface area contributed by atoms with Crippen molar-refractivity contribution >= 4 is 33.0 Å². The summed E-state index contributed by atoms with van der Waals surface area (Å²) in [7, 11) is -3.40. The maximum absolute atomic E-state index is 12.8. The van der Waals surface area contributed by atoms with E-state index in [1.165, 1.54) is 18.2 Å². The number of halogens is 1. The van der Waals surface area contributed by atoms with Gasteiger partial charge in [-0.15, -0.1) is 0 Å². The first-order valence-electron chi connectivity index (χ1n) is 7.81. The summed E-state index contributed by atoms with van der Waals surface area (Å²) in [6.07, 6.45) is 1.10. The van der Waals surface area contributed by atoms with E-state index in [4.69, 9.17) is 11.6 Å². The normalized spacial score (nSPS) is 11.2. The van der Waals surface area contributed by atoms with Gasteiger partial charge in [0.25, 0.3) is 5.91 Å². The quantitative estimate of drug-likeness (QED) is 0.710. The largest absolute Gasteiger partial charge is 0.321 e. The van der Waals surface area contributed by atoms with Gasteiger partial charge in [-0.25, -0.2) is 8.42 Å². The number of nitrogens with one attached hydrogen (secondary N) is 1. The predicted molar refractivity (Wildman–Crippen MR) is 104 cm³/mol. The highest BCUT2D eigenvalue weighted by atomic mass is 35.5. The van der Waals surface area contributed by atoms with Gasteiger partial charge in [0, 0.05) is 11.8 Å². The van der Waals surface area contributed by atoms with E-state index in [9.17, 15) is 13.2 Å². The van der Waals surface area contributed by atoms with Crippen molar-refractivity contribution in [3.8, 4) is 11.1 Å². The van der Waals surface area contributed by atoms with Crippen molar-refractivity contribution in [3.05, 3.63) is 83.4 Å². The smallest absolute Gasteiger partial charge is 0.256 e. The van der Waals surface area contributed by atoms with Crippen LogP contribution in [0.25, 0.3) is 11.1 Å². The molecule has 26 heavy (non-hydrogen) atoms. The van der Waals surface area contributed by atoms with Crippen LogP contribution in [0, 0.1) is 0 Å². The van der Waals surface area contributed by atoms with Crippen LogP contribution in [0.3, 0.4) is 0 Å². The molecule has 0 fully saturated rings. The molecule has 0 spiro atoms. The molecule has 0 aliphatic rings. The Balaban J connectivity index is 1.98. The zero-order valence-corrected chi connectivity index (χ0v) is 15.5. The van der Waals surface area contributed by atoms with Crippen molar-refractivity contribution in [2.45, 2.75) is 4.90 Å². The number of benzene rings is 3. The van der Waals surface area contributed by atoms with Crippen LogP contribution in [0.4, 0.5) is 5.69 Å². The summed E-state index contributed by atoms with van der Waals surface area (Å²) in [5.41, 5.74) is 2.41. The second kappa shape index (κ2) is 7.32. The second-order valence-electron chi connectivity index (χ2n) is 5.78. The zero-order valence-electron chi connectivity index (χ0n) is 13.9. The molecule has 4 nitrogen and oxygen atoms in total. The SMILES string of the molecule is CS(=O)(=O)c1ccc(Cl)c(NC(=O)c2ccccc2-c2ccccc2)c1. The summed E-state index contributed by atoms with van der Waals surface area (Å²) in [4.78, 5) is 12.9. The number of carbonyl (C=O) groups is 1. The van der Waals surface area contributed by atoms with E-state index in [1.54, 1.807) is 12.1 Å². The Morgan fingerprint density at radius 3 is 2.27 bits per heavy atom. The molecular weight excluding hydrogens is 370 g/mol. The van der Waals surface area contributed by atoms with Gasteiger partial charge in [0.05, 0.1) is 15.6 Å². The molecule has 0 unspecified atom stereocenters. The minimum atomic E-state index is -3.40. The molecule has 0 saturated heterocycles. The molecule has 1 amide bonds. The third-order valence-corrected chi connectivity index (χ3v) is 5.31. The first-order chi connectivity index (χ1) is 12.4. The average molecular weight is 386 g/mol. The molecule has 3 rings (SSSR count). The summed E-state index contributed by atoms with van der Waals surface area (Å²) in [6, 6.07) is 21.0. The Morgan fingerprint density at radius 1 is 0.923 bits per heavy atom. The van der Waals surface area contributed by atoms with E-state index in [-0.39, 0.29) is 21.5 Å². The highest BCUT2D eigenvalue weighted by Gasteiger charge is 2.16. The van der Waals surface area contributed by atoms with Crippen molar-refractivity contribution in [1.82, 2.24) is 0 Å². The lowest BCUT2D eigenvalue weighted by atomic mass is 9.99. The Bertz CT molecular complexity index is 1060. The molecule has 3 aromatic rings. The third kappa shape index (κ3) is 3.95. The van der Waals surface area contributed by atoms with E-state index < -0.39 is 9.84 Å². The topological polar surface area (TPSA) is 63.2 Å². The van der Waals surface area contributed by atoms with Crippen LogP contribution in [-0.2, 0) is 9.84 Å². The molecule has 3 aromatic carbocycles. The van der Waals surface area contributed by atoms with Gasteiger partial charge in [-0.1, -0.05) is 60.1 Å². The van der Waals surface area contributed by atoms with Crippen molar-refractivity contribution in [1.29, 1.82) is 0 Å². The van der Waals surface area contributed by atoms with Gasteiger partial charge >= 0.3 is 0 Å². The number of sulfone groups is 1. The van der Waals surface area contributed by atoms with Crippen LogP contribution in [-0.4, -0.2) is 20.6 Å². The van der Waals surface area contributed by atoms with Crippen molar-refractivity contribution in [2.24, 2.45) is 0 Å². The lowest BCUT2D eigenvalue weighted by Gasteiger charge is -2.12. The fraction of sp³-hybridized carbons (Fsp3) is 0.0500. The van der Waals surface area contributed by atoms with Crippen LogP contribution in [0.1, 0.15) is 10.4 Å². The predicted octanol–water partition coefficient (Wildman–Crippen LogP) is 4.66. The Labute approximate surface area is 157 Å². The number of anilines is 1. The summed E-state index contributed by atoms with van der Waals surface area (Å²) in [5, 5.41) is 2.98. The number of rotatable bonds is 4.